The summed E-state index contributed by atoms with van der Waals surface area (Å²) in [5, 5.41) is 3.27. The molecule has 0 aliphatic carbocycles. The van der Waals surface area contributed by atoms with E-state index >= 15 is 0 Å². The highest BCUT2D eigenvalue weighted by molar-refractivity contribution is 9.10. The summed E-state index contributed by atoms with van der Waals surface area (Å²) in [4.78, 5) is 14.3. The van der Waals surface area contributed by atoms with Crippen molar-refractivity contribution in [2.24, 2.45) is 0 Å². The van der Waals surface area contributed by atoms with Crippen molar-refractivity contribution < 1.29 is 0 Å². The molecule has 0 aliphatic heterocycles. The zero-order valence-corrected chi connectivity index (χ0v) is 17.4. The number of halogens is 1. The SMILES string of the molecule is Brc1cccc2c1c1ccccc1n2-c1nc(-c2ccccc2)c2cnccc2n1. The average molecular weight is 451 g/mol. The summed E-state index contributed by atoms with van der Waals surface area (Å²) in [6, 6.07) is 26.7. The third kappa shape index (κ3) is 2.56. The molecule has 3 heterocycles. The average Bonchev–Trinajstić information content (AvgIpc) is 3.14. The van der Waals surface area contributed by atoms with Crippen molar-refractivity contribution >= 4 is 48.6 Å². The van der Waals surface area contributed by atoms with E-state index in [2.05, 4.69) is 74.0 Å². The summed E-state index contributed by atoms with van der Waals surface area (Å²) in [6.07, 6.45) is 3.61. The van der Waals surface area contributed by atoms with Gasteiger partial charge in [0.05, 0.1) is 22.2 Å². The van der Waals surface area contributed by atoms with Crippen LogP contribution in [0.25, 0.3) is 49.9 Å². The lowest BCUT2D eigenvalue weighted by Crippen LogP contribution is -2.03. The van der Waals surface area contributed by atoms with Crippen molar-refractivity contribution in [2.45, 2.75) is 0 Å². The molecule has 0 spiro atoms. The third-order valence-electron chi connectivity index (χ3n) is 5.38. The zero-order valence-electron chi connectivity index (χ0n) is 15.8. The monoisotopic (exact) mass is 450 g/mol. The predicted octanol–water partition coefficient (Wildman–Crippen LogP) is 6.55. The summed E-state index contributed by atoms with van der Waals surface area (Å²) in [5.74, 6) is 0.650. The first-order valence-corrected chi connectivity index (χ1v) is 10.5. The van der Waals surface area contributed by atoms with Gasteiger partial charge in [-0.05, 0) is 24.3 Å². The second kappa shape index (κ2) is 6.75. The van der Waals surface area contributed by atoms with Crippen LogP contribution >= 0.6 is 15.9 Å². The Morgan fingerprint density at radius 3 is 2.40 bits per heavy atom. The van der Waals surface area contributed by atoms with Crippen LogP contribution in [0.1, 0.15) is 0 Å². The molecule has 3 aromatic heterocycles. The van der Waals surface area contributed by atoms with E-state index in [4.69, 9.17) is 9.97 Å². The highest BCUT2D eigenvalue weighted by Gasteiger charge is 2.18. The Hall–Kier alpha value is -3.57. The van der Waals surface area contributed by atoms with Crippen molar-refractivity contribution in [2.75, 3.05) is 0 Å². The van der Waals surface area contributed by atoms with E-state index in [1.807, 2.05) is 36.5 Å². The van der Waals surface area contributed by atoms with Crippen molar-refractivity contribution in [1.82, 2.24) is 19.5 Å². The first-order valence-electron chi connectivity index (χ1n) is 9.66. The fraction of sp³-hybridized carbons (Fsp3) is 0. The molecule has 6 aromatic rings. The Bertz CT molecular complexity index is 1550. The minimum absolute atomic E-state index is 0.650. The molecule has 30 heavy (non-hydrogen) atoms. The highest BCUT2D eigenvalue weighted by Crippen LogP contribution is 2.36. The number of aromatic nitrogens is 4. The van der Waals surface area contributed by atoms with E-state index in [0.29, 0.717) is 5.95 Å². The minimum Gasteiger partial charge on any atom is -0.278 e. The molecular formula is C25H15BrN4. The molecule has 6 rings (SSSR count). The quantitative estimate of drug-likeness (QED) is 0.300. The van der Waals surface area contributed by atoms with Crippen LogP contribution in [0.5, 0.6) is 0 Å². The van der Waals surface area contributed by atoms with Crippen LogP contribution in [0.4, 0.5) is 0 Å². The van der Waals surface area contributed by atoms with Gasteiger partial charge in [0.1, 0.15) is 0 Å². The topological polar surface area (TPSA) is 43.6 Å². The Morgan fingerprint density at radius 2 is 1.50 bits per heavy atom. The lowest BCUT2D eigenvalue weighted by Gasteiger charge is -2.11. The molecule has 0 fully saturated rings. The second-order valence-electron chi connectivity index (χ2n) is 7.12. The Kier molecular flexibility index (Phi) is 3.89. The van der Waals surface area contributed by atoms with Gasteiger partial charge in [0, 0.05) is 38.6 Å². The molecule has 0 bridgehead atoms. The van der Waals surface area contributed by atoms with E-state index < -0.39 is 0 Å². The van der Waals surface area contributed by atoms with Gasteiger partial charge in [-0.25, -0.2) is 9.97 Å². The van der Waals surface area contributed by atoms with Crippen molar-refractivity contribution in [3.63, 3.8) is 0 Å². The number of nitrogens with zero attached hydrogens (tertiary/aromatic N) is 4. The van der Waals surface area contributed by atoms with Crippen LogP contribution in [-0.2, 0) is 0 Å². The molecule has 3 aromatic carbocycles. The number of fused-ring (bicyclic) bond motifs is 4. The third-order valence-corrected chi connectivity index (χ3v) is 6.04. The Balaban J connectivity index is 1.77. The van der Waals surface area contributed by atoms with Gasteiger partial charge in [0.25, 0.3) is 0 Å². The number of para-hydroxylation sites is 1. The minimum atomic E-state index is 0.650. The normalized spacial score (nSPS) is 11.5. The molecule has 142 valence electrons. The van der Waals surface area contributed by atoms with Crippen LogP contribution < -0.4 is 0 Å². The maximum atomic E-state index is 5.04. The van der Waals surface area contributed by atoms with Gasteiger partial charge in [0.2, 0.25) is 5.95 Å². The van der Waals surface area contributed by atoms with Gasteiger partial charge in [-0.3, -0.25) is 9.55 Å². The summed E-state index contributed by atoms with van der Waals surface area (Å²) in [5.41, 5.74) is 4.94. The number of pyridine rings is 1. The number of hydrogen-bond acceptors (Lipinski definition) is 3. The van der Waals surface area contributed by atoms with Crippen molar-refractivity contribution in [3.05, 3.63) is 95.7 Å². The van der Waals surface area contributed by atoms with Crippen LogP contribution in [0.2, 0.25) is 0 Å². The van der Waals surface area contributed by atoms with Gasteiger partial charge >= 0.3 is 0 Å². The van der Waals surface area contributed by atoms with E-state index in [-0.39, 0.29) is 0 Å². The summed E-state index contributed by atoms with van der Waals surface area (Å²) >= 11 is 3.73. The molecule has 0 N–H and O–H groups in total. The fourth-order valence-corrected chi connectivity index (χ4v) is 4.64. The van der Waals surface area contributed by atoms with Crippen LogP contribution in [0, 0.1) is 0 Å². The van der Waals surface area contributed by atoms with Crippen LogP contribution in [0.15, 0.2) is 95.7 Å². The molecule has 0 aliphatic rings. The standard InChI is InChI=1S/C25H15BrN4/c26-19-10-6-12-22-23(19)17-9-4-5-11-21(17)30(22)25-28-20-13-14-27-15-18(20)24(29-25)16-7-2-1-3-8-16/h1-15H. The molecule has 0 unspecified atom stereocenters. The molecule has 5 heteroatoms. The van der Waals surface area contributed by atoms with Crippen molar-refractivity contribution in [1.29, 1.82) is 0 Å². The number of benzene rings is 3. The second-order valence-corrected chi connectivity index (χ2v) is 7.97. The molecule has 0 atom stereocenters. The first kappa shape index (κ1) is 17.3. The van der Waals surface area contributed by atoms with E-state index in [1.165, 1.54) is 5.39 Å². The lowest BCUT2D eigenvalue weighted by molar-refractivity contribution is 1.01. The van der Waals surface area contributed by atoms with Gasteiger partial charge in [0.15, 0.2) is 0 Å². The number of rotatable bonds is 2. The van der Waals surface area contributed by atoms with E-state index in [0.717, 1.165) is 43.1 Å². The molecule has 0 amide bonds. The molecule has 4 nitrogen and oxygen atoms in total. The van der Waals surface area contributed by atoms with Gasteiger partial charge < -0.3 is 0 Å². The van der Waals surface area contributed by atoms with E-state index in [9.17, 15) is 0 Å². The first-order chi connectivity index (χ1) is 14.8. The molecule has 0 saturated carbocycles. The zero-order chi connectivity index (χ0) is 20.1. The Labute approximate surface area is 181 Å². The molecular weight excluding hydrogens is 436 g/mol. The van der Waals surface area contributed by atoms with E-state index in [1.54, 1.807) is 6.20 Å². The molecule has 0 saturated heterocycles. The van der Waals surface area contributed by atoms with Crippen LogP contribution in [-0.4, -0.2) is 19.5 Å². The lowest BCUT2D eigenvalue weighted by atomic mass is 10.1. The Morgan fingerprint density at radius 1 is 0.700 bits per heavy atom. The van der Waals surface area contributed by atoms with Crippen molar-refractivity contribution in [3.8, 4) is 17.2 Å². The summed E-state index contributed by atoms with van der Waals surface area (Å²) < 4.78 is 3.20. The van der Waals surface area contributed by atoms with Gasteiger partial charge in [-0.1, -0.05) is 70.5 Å². The predicted molar refractivity (Wildman–Crippen MR) is 125 cm³/mol. The largest absolute Gasteiger partial charge is 0.278 e. The maximum Gasteiger partial charge on any atom is 0.235 e. The highest BCUT2D eigenvalue weighted by atomic mass is 79.9. The summed E-state index contributed by atoms with van der Waals surface area (Å²) in [6.45, 7) is 0. The summed E-state index contributed by atoms with van der Waals surface area (Å²) in [7, 11) is 0. The smallest absolute Gasteiger partial charge is 0.235 e. The van der Waals surface area contributed by atoms with Crippen LogP contribution in [0.3, 0.4) is 0 Å². The maximum absolute atomic E-state index is 5.04. The van der Waals surface area contributed by atoms with Gasteiger partial charge in [-0.2, -0.15) is 0 Å². The fourth-order valence-electron chi connectivity index (χ4n) is 4.07. The number of hydrogen-bond donors (Lipinski definition) is 0. The molecule has 0 radical (unpaired) electrons. The van der Waals surface area contributed by atoms with Gasteiger partial charge in [-0.15, -0.1) is 0 Å².